The minimum absolute atomic E-state index is 0.0528. The number of nitro benzene ring substituents is 2. The average Bonchev–Trinajstić information content (AvgIpc) is 2.73. The van der Waals surface area contributed by atoms with E-state index in [1.807, 2.05) is 13.0 Å². The molecule has 0 aromatic heterocycles. The Kier molecular flexibility index (Phi) is 6.16. The second-order valence-corrected chi connectivity index (χ2v) is 8.39. The van der Waals surface area contributed by atoms with Gasteiger partial charge >= 0.3 is 0 Å². The van der Waals surface area contributed by atoms with Crippen LogP contribution in [0, 0.1) is 27.2 Å². The van der Waals surface area contributed by atoms with E-state index in [1.165, 1.54) is 24.3 Å². The number of anilines is 2. The van der Waals surface area contributed by atoms with Gasteiger partial charge in [-0.05, 0) is 48.9 Å². The first-order chi connectivity index (χ1) is 15.0. The molecule has 1 amide bonds. The molecule has 0 bridgehead atoms. The third kappa shape index (κ3) is 5.23. The first-order valence-corrected chi connectivity index (χ1v) is 10.5. The fourth-order valence-corrected chi connectivity index (χ4v) is 3.83. The maximum Gasteiger partial charge on any atom is 0.277 e. The molecule has 12 heteroatoms. The highest BCUT2D eigenvalue weighted by Crippen LogP contribution is 2.24. The SMILES string of the molecule is Cc1cccc(NS(=O)(=O)c2ccc(NC(=O)c3cc([N+](=O)[O-])cc([N+](=O)[O-])c3)cc2)c1. The van der Waals surface area contributed by atoms with Crippen LogP contribution in [0.1, 0.15) is 15.9 Å². The summed E-state index contributed by atoms with van der Waals surface area (Å²) in [6.07, 6.45) is 0. The van der Waals surface area contributed by atoms with Gasteiger partial charge < -0.3 is 5.32 Å². The molecule has 164 valence electrons. The van der Waals surface area contributed by atoms with Crippen LogP contribution in [0.25, 0.3) is 0 Å². The van der Waals surface area contributed by atoms with Crippen molar-refractivity contribution < 1.29 is 23.1 Å². The first-order valence-electron chi connectivity index (χ1n) is 9.00. The van der Waals surface area contributed by atoms with E-state index < -0.39 is 37.2 Å². The molecule has 32 heavy (non-hydrogen) atoms. The van der Waals surface area contributed by atoms with Gasteiger partial charge in [-0.3, -0.25) is 29.7 Å². The van der Waals surface area contributed by atoms with Gasteiger partial charge in [-0.2, -0.15) is 0 Å². The van der Waals surface area contributed by atoms with Crippen molar-refractivity contribution in [2.24, 2.45) is 0 Å². The average molecular weight is 456 g/mol. The fourth-order valence-electron chi connectivity index (χ4n) is 2.78. The lowest BCUT2D eigenvalue weighted by Crippen LogP contribution is -2.14. The van der Waals surface area contributed by atoms with Crippen molar-refractivity contribution in [3.63, 3.8) is 0 Å². The molecule has 0 unspecified atom stereocenters. The number of nitro groups is 2. The van der Waals surface area contributed by atoms with E-state index in [9.17, 15) is 33.4 Å². The van der Waals surface area contributed by atoms with Crippen LogP contribution in [0.3, 0.4) is 0 Å². The molecule has 0 heterocycles. The Bertz CT molecular complexity index is 1290. The number of hydrogen-bond acceptors (Lipinski definition) is 7. The van der Waals surface area contributed by atoms with Crippen molar-refractivity contribution in [2.75, 3.05) is 10.0 Å². The molecule has 2 N–H and O–H groups in total. The largest absolute Gasteiger partial charge is 0.322 e. The summed E-state index contributed by atoms with van der Waals surface area (Å²) in [5.74, 6) is -0.828. The summed E-state index contributed by atoms with van der Waals surface area (Å²) in [7, 11) is -3.87. The van der Waals surface area contributed by atoms with Crippen LogP contribution in [0.4, 0.5) is 22.7 Å². The van der Waals surface area contributed by atoms with Gasteiger partial charge in [0.15, 0.2) is 0 Å². The molecule has 0 spiro atoms. The van der Waals surface area contributed by atoms with Crippen molar-refractivity contribution in [3.8, 4) is 0 Å². The van der Waals surface area contributed by atoms with E-state index in [2.05, 4.69) is 10.0 Å². The third-order valence-electron chi connectivity index (χ3n) is 4.28. The summed E-state index contributed by atoms with van der Waals surface area (Å²) < 4.78 is 27.5. The van der Waals surface area contributed by atoms with E-state index >= 15 is 0 Å². The summed E-state index contributed by atoms with van der Waals surface area (Å²) >= 11 is 0. The molecule has 0 saturated heterocycles. The topological polar surface area (TPSA) is 162 Å². The Balaban J connectivity index is 1.79. The summed E-state index contributed by atoms with van der Waals surface area (Å²) in [6, 6.07) is 14.6. The maximum atomic E-state index is 12.5. The van der Waals surface area contributed by atoms with Gasteiger partial charge in [0.25, 0.3) is 27.3 Å². The lowest BCUT2D eigenvalue weighted by atomic mass is 10.1. The zero-order valence-corrected chi connectivity index (χ0v) is 17.3. The van der Waals surface area contributed by atoms with Crippen molar-refractivity contribution in [3.05, 3.63) is 98.1 Å². The standard InChI is InChI=1S/C20H16N4O7S/c1-13-3-2-4-16(9-13)22-32(30,31)19-7-5-15(6-8-19)21-20(25)14-10-17(23(26)27)12-18(11-14)24(28)29/h2-12,22H,1H3,(H,21,25). The summed E-state index contributed by atoms with van der Waals surface area (Å²) in [6.45, 7) is 1.82. The van der Waals surface area contributed by atoms with Crippen molar-refractivity contribution in [1.29, 1.82) is 0 Å². The van der Waals surface area contributed by atoms with Gasteiger partial charge in [-0.15, -0.1) is 0 Å². The molecule has 3 rings (SSSR count). The highest BCUT2D eigenvalue weighted by atomic mass is 32.2. The van der Waals surface area contributed by atoms with Crippen molar-refractivity contribution >= 4 is 38.7 Å². The Morgan fingerprint density at radius 2 is 1.44 bits per heavy atom. The monoisotopic (exact) mass is 456 g/mol. The molecule has 0 aliphatic heterocycles. The number of aryl methyl sites for hydroxylation is 1. The second-order valence-electron chi connectivity index (χ2n) is 6.71. The zero-order valence-electron chi connectivity index (χ0n) is 16.5. The molecule has 0 fully saturated rings. The number of carbonyl (C=O) groups is 1. The van der Waals surface area contributed by atoms with E-state index in [4.69, 9.17) is 0 Å². The highest BCUT2D eigenvalue weighted by Gasteiger charge is 2.20. The van der Waals surface area contributed by atoms with Gasteiger partial charge in [0, 0.05) is 23.5 Å². The molecule has 0 aliphatic rings. The summed E-state index contributed by atoms with van der Waals surface area (Å²) in [5, 5.41) is 24.4. The predicted octanol–water partition coefficient (Wildman–Crippen LogP) is 3.86. The highest BCUT2D eigenvalue weighted by molar-refractivity contribution is 7.92. The van der Waals surface area contributed by atoms with Crippen LogP contribution >= 0.6 is 0 Å². The molecule has 0 radical (unpaired) electrons. The molecule has 0 aliphatic carbocycles. The Morgan fingerprint density at radius 3 is 1.97 bits per heavy atom. The van der Waals surface area contributed by atoms with Gasteiger partial charge in [-0.1, -0.05) is 12.1 Å². The molecule has 0 saturated carbocycles. The van der Waals surface area contributed by atoms with E-state index in [0.29, 0.717) is 5.69 Å². The van der Waals surface area contributed by atoms with Crippen LogP contribution in [0.15, 0.2) is 71.6 Å². The van der Waals surface area contributed by atoms with Crippen molar-refractivity contribution in [1.82, 2.24) is 0 Å². The Morgan fingerprint density at radius 1 is 0.844 bits per heavy atom. The normalized spacial score (nSPS) is 10.9. The van der Waals surface area contributed by atoms with Crippen LogP contribution in [0.5, 0.6) is 0 Å². The van der Waals surface area contributed by atoms with Gasteiger partial charge in [0.05, 0.1) is 26.4 Å². The van der Waals surface area contributed by atoms with Crippen LogP contribution < -0.4 is 10.0 Å². The number of carbonyl (C=O) groups excluding carboxylic acids is 1. The summed E-state index contributed by atoms with van der Waals surface area (Å²) in [4.78, 5) is 32.7. The summed E-state index contributed by atoms with van der Waals surface area (Å²) in [5.41, 5.74) is -0.0253. The first kappa shape index (κ1) is 22.4. The lowest BCUT2D eigenvalue weighted by molar-refractivity contribution is -0.394. The zero-order chi connectivity index (χ0) is 23.5. The number of hydrogen-bond donors (Lipinski definition) is 2. The van der Waals surface area contributed by atoms with Crippen molar-refractivity contribution in [2.45, 2.75) is 11.8 Å². The number of rotatable bonds is 7. The molecule has 3 aromatic rings. The van der Waals surface area contributed by atoms with Gasteiger partial charge in [-0.25, -0.2) is 8.42 Å². The van der Waals surface area contributed by atoms with E-state index in [0.717, 1.165) is 23.8 Å². The molecular weight excluding hydrogens is 440 g/mol. The van der Waals surface area contributed by atoms with Gasteiger partial charge in [0.2, 0.25) is 0 Å². The number of amides is 1. The number of non-ortho nitro benzene ring substituents is 2. The second kappa shape index (κ2) is 8.81. The smallest absolute Gasteiger partial charge is 0.277 e. The number of benzene rings is 3. The molecule has 11 nitrogen and oxygen atoms in total. The predicted molar refractivity (Wildman–Crippen MR) is 116 cm³/mol. The van der Waals surface area contributed by atoms with Crippen LogP contribution in [-0.4, -0.2) is 24.2 Å². The quantitative estimate of drug-likeness (QED) is 0.403. The maximum absolute atomic E-state index is 12.5. The Hall–Kier alpha value is -4.32. The molecule has 3 aromatic carbocycles. The fraction of sp³-hybridized carbons (Fsp3) is 0.0500. The van der Waals surface area contributed by atoms with E-state index in [1.54, 1.807) is 18.2 Å². The molecular formula is C20H16N4O7S. The lowest BCUT2D eigenvalue weighted by Gasteiger charge is -2.10. The number of sulfonamides is 1. The van der Waals surface area contributed by atoms with Gasteiger partial charge in [0.1, 0.15) is 0 Å². The number of nitrogens with one attached hydrogen (secondary N) is 2. The van der Waals surface area contributed by atoms with E-state index in [-0.39, 0.29) is 16.1 Å². The van der Waals surface area contributed by atoms with Crippen LogP contribution in [0.2, 0.25) is 0 Å². The third-order valence-corrected chi connectivity index (χ3v) is 5.68. The molecule has 0 atom stereocenters. The number of nitrogens with zero attached hydrogens (tertiary/aromatic N) is 2. The minimum atomic E-state index is -3.87. The van der Waals surface area contributed by atoms with Crippen LogP contribution in [-0.2, 0) is 10.0 Å². The minimum Gasteiger partial charge on any atom is -0.322 e. The Labute approximate surface area is 182 Å².